The molecule has 1 amide bonds. The maximum atomic E-state index is 12.5. The van der Waals surface area contributed by atoms with Crippen LogP contribution in [0.2, 0.25) is 0 Å². The number of amides is 1. The molecule has 0 heterocycles. The molecule has 2 N–H and O–H groups in total. The van der Waals surface area contributed by atoms with Crippen LogP contribution in [0.3, 0.4) is 0 Å². The molecule has 6 nitrogen and oxygen atoms in total. The average Bonchev–Trinajstić information content (AvgIpc) is 2.55. The van der Waals surface area contributed by atoms with Crippen LogP contribution >= 0.6 is 0 Å². The minimum Gasteiger partial charge on any atom is -0.353 e. The number of carbonyl (C=O) groups is 1. The van der Waals surface area contributed by atoms with Crippen molar-refractivity contribution in [3.63, 3.8) is 0 Å². The molecule has 0 bridgehead atoms. The van der Waals surface area contributed by atoms with Gasteiger partial charge >= 0.3 is 0 Å². The molecule has 0 radical (unpaired) electrons. The van der Waals surface area contributed by atoms with Crippen molar-refractivity contribution in [2.45, 2.75) is 64.6 Å². The van der Waals surface area contributed by atoms with Crippen molar-refractivity contribution in [3.8, 4) is 0 Å². The standard InChI is InChI=1S/C18H31N3O3S/c1-7-21(8-2)25(23,24)17-11-9-16(10-12-17)14(5)20-15(6)18(22)19-13(3)4/h9-15,20H,7-8H2,1-6H3,(H,19,22)/t14-,15-/m1/s1. The van der Waals surface area contributed by atoms with Crippen molar-refractivity contribution < 1.29 is 13.2 Å². The van der Waals surface area contributed by atoms with Crippen molar-refractivity contribution in [1.82, 2.24) is 14.9 Å². The van der Waals surface area contributed by atoms with Gasteiger partial charge in [-0.3, -0.25) is 10.1 Å². The third-order valence-corrected chi connectivity index (χ3v) is 6.11. The lowest BCUT2D eigenvalue weighted by Gasteiger charge is -2.22. The number of sulfonamides is 1. The number of carbonyl (C=O) groups excluding carboxylic acids is 1. The van der Waals surface area contributed by atoms with Crippen molar-refractivity contribution in [1.29, 1.82) is 0 Å². The summed E-state index contributed by atoms with van der Waals surface area (Å²) in [5.41, 5.74) is 0.933. The molecule has 0 saturated carbocycles. The fourth-order valence-electron chi connectivity index (χ4n) is 2.60. The molecule has 0 fully saturated rings. The Hall–Kier alpha value is -1.44. The number of nitrogens with one attached hydrogen (secondary N) is 2. The molecule has 0 aliphatic heterocycles. The molecule has 0 aliphatic rings. The zero-order chi connectivity index (χ0) is 19.2. The summed E-state index contributed by atoms with van der Waals surface area (Å²) in [6.45, 7) is 12.1. The molecule has 0 aromatic heterocycles. The molecule has 0 spiro atoms. The molecular weight excluding hydrogens is 338 g/mol. The topological polar surface area (TPSA) is 78.5 Å². The van der Waals surface area contributed by atoms with Crippen molar-refractivity contribution in [3.05, 3.63) is 29.8 Å². The second-order valence-electron chi connectivity index (χ2n) is 6.43. The molecule has 25 heavy (non-hydrogen) atoms. The molecule has 0 aliphatic carbocycles. The fraction of sp³-hybridized carbons (Fsp3) is 0.611. The van der Waals surface area contributed by atoms with Crippen molar-refractivity contribution in [2.24, 2.45) is 0 Å². The first-order valence-corrected chi connectivity index (χ1v) is 10.2. The maximum absolute atomic E-state index is 12.5. The van der Waals surface area contributed by atoms with Gasteiger partial charge in [-0.2, -0.15) is 4.31 Å². The van der Waals surface area contributed by atoms with E-state index in [2.05, 4.69) is 10.6 Å². The second kappa shape index (κ2) is 9.31. The van der Waals surface area contributed by atoms with Gasteiger partial charge in [-0.25, -0.2) is 8.42 Å². The minimum atomic E-state index is -3.44. The first-order chi connectivity index (χ1) is 11.6. The van der Waals surface area contributed by atoms with E-state index < -0.39 is 10.0 Å². The quantitative estimate of drug-likeness (QED) is 0.700. The van der Waals surface area contributed by atoms with E-state index in [-0.39, 0.29) is 28.9 Å². The summed E-state index contributed by atoms with van der Waals surface area (Å²) in [5.74, 6) is -0.0532. The molecule has 0 unspecified atom stereocenters. The molecule has 7 heteroatoms. The van der Waals surface area contributed by atoms with E-state index in [0.717, 1.165) is 5.56 Å². The van der Waals surface area contributed by atoms with Crippen molar-refractivity contribution in [2.75, 3.05) is 13.1 Å². The molecule has 142 valence electrons. The predicted octanol–water partition coefficient (Wildman–Crippen LogP) is 2.28. The number of nitrogens with zero attached hydrogens (tertiary/aromatic N) is 1. The summed E-state index contributed by atoms with van der Waals surface area (Å²) in [7, 11) is -3.44. The summed E-state index contributed by atoms with van der Waals surface area (Å²) < 4.78 is 26.4. The Labute approximate surface area is 152 Å². The van der Waals surface area contributed by atoms with Gasteiger partial charge in [0, 0.05) is 25.2 Å². The number of hydrogen-bond acceptors (Lipinski definition) is 4. The van der Waals surface area contributed by atoms with Crippen LogP contribution in [0.5, 0.6) is 0 Å². The van der Waals surface area contributed by atoms with Gasteiger partial charge in [0.25, 0.3) is 0 Å². The predicted molar refractivity (Wildman–Crippen MR) is 101 cm³/mol. The van der Waals surface area contributed by atoms with Gasteiger partial charge in [-0.15, -0.1) is 0 Å². The summed E-state index contributed by atoms with van der Waals surface area (Å²) in [6.07, 6.45) is 0. The van der Waals surface area contributed by atoms with Gasteiger partial charge in [0.1, 0.15) is 0 Å². The van der Waals surface area contributed by atoms with E-state index in [4.69, 9.17) is 0 Å². The second-order valence-corrected chi connectivity index (χ2v) is 8.37. The molecule has 2 atom stereocenters. The highest BCUT2D eigenvalue weighted by Crippen LogP contribution is 2.19. The molecule has 1 rings (SSSR count). The Balaban J connectivity index is 2.84. The van der Waals surface area contributed by atoms with E-state index in [0.29, 0.717) is 13.1 Å². The summed E-state index contributed by atoms with van der Waals surface area (Å²) in [6, 6.07) is 6.52. The van der Waals surface area contributed by atoms with E-state index in [1.165, 1.54) is 4.31 Å². The zero-order valence-corrected chi connectivity index (χ0v) is 16.9. The highest BCUT2D eigenvalue weighted by Gasteiger charge is 2.22. The largest absolute Gasteiger partial charge is 0.353 e. The van der Waals surface area contributed by atoms with E-state index in [1.807, 2.05) is 41.5 Å². The Bertz CT molecular complexity index is 653. The lowest BCUT2D eigenvalue weighted by molar-refractivity contribution is -0.123. The van der Waals surface area contributed by atoms with Crippen LogP contribution in [0.1, 0.15) is 53.1 Å². The summed E-state index contributed by atoms with van der Waals surface area (Å²) in [5, 5.41) is 6.10. The lowest BCUT2D eigenvalue weighted by Crippen LogP contribution is -2.45. The Morgan fingerprint density at radius 1 is 1.04 bits per heavy atom. The third kappa shape index (κ3) is 5.80. The lowest BCUT2D eigenvalue weighted by atomic mass is 10.1. The Morgan fingerprint density at radius 2 is 1.56 bits per heavy atom. The van der Waals surface area contributed by atoms with Crippen molar-refractivity contribution >= 4 is 15.9 Å². The average molecular weight is 370 g/mol. The third-order valence-electron chi connectivity index (χ3n) is 4.05. The van der Waals surface area contributed by atoms with Crippen LogP contribution in [-0.4, -0.2) is 43.8 Å². The van der Waals surface area contributed by atoms with Crippen LogP contribution in [-0.2, 0) is 14.8 Å². The van der Waals surface area contributed by atoms with Gasteiger partial charge < -0.3 is 5.32 Å². The van der Waals surface area contributed by atoms with Gasteiger partial charge in [0.05, 0.1) is 10.9 Å². The number of rotatable bonds is 9. The van der Waals surface area contributed by atoms with Crippen LogP contribution in [0.15, 0.2) is 29.2 Å². The first-order valence-electron chi connectivity index (χ1n) is 8.79. The normalized spacial score (nSPS) is 14.6. The first kappa shape index (κ1) is 21.6. The highest BCUT2D eigenvalue weighted by molar-refractivity contribution is 7.89. The van der Waals surface area contributed by atoms with Crippen LogP contribution in [0.25, 0.3) is 0 Å². The highest BCUT2D eigenvalue weighted by atomic mass is 32.2. The monoisotopic (exact) mass is 369 g/mol. The number of benzene rings is 1. The van der Waals surface area contributed by atoms with Gasteiger partial charge in [-0.05, 0) is 45.4 Å². The SMILES string of the molecule is CCN(CC)S(=O)(=O)c1ccc([C@@H](C)N[C@H](C)C(=O)NC(C)C)cc1. The van der Waals surface area contributed by atoms with E-state index in [9.17, 15) is 13.2 Å². The van der Waals surface area contributed by atoms with Crippen LogP contribution < -0.4 is 10.6 Å². The molecule has 1 aromatic rings. The smallest absolute Gasteiger partial charge is 0.243 e. The number of hydrogen-bond donors (Lipinski definition) is 2. The summed E-state index contributed by atoms with van der Waals surface area (Å²) in [4.78, 5) is 12.3. The van der Waals surface area contributed by atoms with Gasteiger partial charge in [-0.1, -0.05) is 26.0 Å². The molecular formula is C18H31N3O3S. The van der Waals surface area contributed by atoms with Gasteiger partial charge in [0.2, 0.25) is 15.9 Å². The van der Waals surface area contributed by atoms with Crippen LogP contribution in [0, 0.1) is 0 Å². The molecule has 1 aromatic carbocycles. The maximum Gasteiger partial charge on any atom is 0.243 e. The van der Waals surface area contributed by atoms with E-state index in [1.54, 1.807) is 24.3 Å². The van der Waals surface area contributed by atoms with Gasteiger partial charge in [0.15, 0.2) is 0 Å². The minimum absolute atomic E-state index is 0.0532. The zero-order valence-electron chi connectivity index (χ0n) is 16.0. The summed E-state index contributed by atoms with van der Waals surface area (Å²) >= 11 is 0. The fourth-order valence-corrected chi connectivity index (χ4v) is 4.06. The van der Waals surface area contributed by atoms with Crippen LogP contribution in [0.4, 0.5) is 0 Å². The molecule has 0 saturated heterocycles. The Kier molecular flexibility index (Phi) is 8.05. The van der Waals surface area contributed by atoms with E-state index >= 15 is 0 Å². The Morgan fingerprint density at radius 3 is 2.00 bits per heavy atom.